The lowest BCUT2D eigenvalue weighted by atomic mass is 9.82. The van der Waals surface area contributed by atoms with Gasteiger partial charge in [0.1, 0.15) is 16.9 Å². The summed E-state index contributed by atoms with van der Waals surface area (Å²) in [5, 5.41) is 16.8. The maximum Gasteiger partial charge on any atom is 0.338 e. The Balaban J connectivity index is 1.69. The van der Waals surface area contributed by atoms with Crippen LogP contribution in [0.1, 0.15) is 48.0 Å². The van der Waals surface area contributed by atoms with Crippen LogP contribution in [0.15, 0.2) is 30.5 Å². The van der Waals surface area contributed by atoms with E-state index < -0.39 is 36.0 Å². The molecule has 34 heavy (non-hydrogen) atoms. The number of esters is 2. The van der Waals surface area contributed by atoms with Crippen molar-refractivity contribution in [1.82, 2.24) is 19.7 Å². The first kappa shape index (κ1) is 23.0. The zero-order chi connectivity index (χ0) is 24.2. The van der Waals surface area contributed by atoms with E-state index in [9.17, 15) is 14.7 Å². The molecule has 2 fully saturated rings. The molecule has 1 saturated carbocycles. The molecule has 2 aliphatic rings. The first-order valence-corrected chi connectivity index (χ1v) is 11.3. The van der Waals surface area contributed by atoms with Gasteiger partial charge < -0.3 is 19.3 Å². The van der Waals surface area contributed by atoms with Crippen molar-refractivity contribution in [1.29, 1.82) is 0 Å². The highest BCUT2D eigenvalue weighted by Gasteiger charge is 2.66. The predicted octanol–water partition coefficient (Wildman–Crippen LogP) is 3.26. The Morgan fingerprint density at radius 1 is 1.24 bits per heavy atom. The first-order chi connectivity index (χ1) is 16.3. The van der Waals surface area contributed by atoms with Crippen molar-refractivity contribution in [3.05, 3.63) is 52.0 Å². The molecule has 0 radical (unpaired) electrons. The van der Waals surface area contributed by atoms with Crippen molar-refractivity contribution < 1.29 is 28.9 Å². The molecule has 1 aromatic carbocycles. The molecule has 4 atom stereocenters. The number of rotatable bonds is 5. The van der Waals surface area contributed by atoms with Gasteiger partial charge in [-0.25, -0.2) is 14.5 Å². The van der Waals surface area contributed by atoms with E-state index in [1.165, 1.54) is 24.9 Å². The molecular formula is C22H20Cl2N4O6. The molecule has 12 heteroatoms. The summed E-state index contributed by atoms with van der Waals surface area (Å²) in [5.41, 5.74) is -0.771. The van der Waals surface area contributed by atoms with Crippen molar-refractivity contribution in [2.75, 3.05) is 7.11 Å². The third-order valence-electron chi connectivity index (χ3n) is 6.20. The molecule has 3 aromatic rings. The van der Waals surface area contributed by atoms with Gasteiger partial charge >= 0.3 is 11.9 Å². The summed E-state index contributed by atoms with van der Waals surface area (Å²) in [6, 6.07) is 6.67. The van der Waals surface area contributed by atoms with E-state index in [4.69, 9.17) is 37.4 Å². The van der Waals surface area contributed by atoms with Crippen molar-refractivity contribution in [2.45, 2.75) is 43.8 Å². The lowest BCUT2D eigenvalue weighted by Crippen LogP contribution is -2.48. The topological polar surface area (TPSA) is 126 Å². The van der Waals surface area contributed by atoms with Gasteiger partial charge in [0.25, 0.3) is 0 Å². The van der Waals surface area contributed by atoms with Crippen molar-refractivity contribution >= 4 is 46.2 Å². The Morgan fingerprint density at radius 3 is 2.65 bits per heavy atom. The van der Waals surface area contributed by atoms with Crippen LogP contribution in [0.4, 0.5) is 0 Å². The molecular weight excluding hydrogens is 487 g/mol. The highest BCUT2D eigenvalue weighted by Crippen LogP contribution is 2.58. The molecule has 0 amide bonds. The van der Waals surface area contributed by atoms with Crippen LogP contribution in [0.5, 0.6) is 0 Å². The van der Waals surface area contributed by atoms with E-state index in [0.29, 0.717) is 23.8 Å². The summed E-state index contributed by atoms with van der Waals surface area (Å²) in [6.07, 6.45) is -0.458. The monoisotopic (exact) mass is 506 g/mol. The second kappa shape index (κ2) is 8.46. The number of hydrogen-bond donors (Lipinski definition) is 1. The molecule has 1 aliphatic heterocycles. The summed E-state index contributed by atoms with van der Waals surface area (Å²) < 4.78 is 18.3. The van der Waals surface area contributed by atoms with E-state index >= 15 is 0 Å². The van der Waals surface area contributed by atoms with Crippen LogP contribution in [0.3, 0.4) is 0 Å². The lowest BCUT2D eigenvalue weighted by Gasteiger charge is -2.33. The number of fused-ring (bicyclic) bond motifs is 1. The van der Waals surface area contributed by atoms with Gasteiger partial charge in [-0.3, -0.25) is 4.79 Å². The lowest BCUT2D eigenvalue weighted by molar-refractivity contribution is -0.166. The molecule has 10 nitrogen and oxygen atoms in total. The average Bonchev–Trinajstić information content (AvgIpc) is 3.52. The number of hydrogen-bond acceptors (Lipinski definition) is 9. The van der Waals surface area contributed by atoms with Crippen LogP contribution >= 0.6 is 23.2 Å². The van der Waals surface area contributed by atoms with Crippen molar-refractivity contribution in [3.8, 4) is 0 Å². The molecule has 0 bridgehead atoms. The number of aliphatic hydroxyl groups is 1. The molecule has 2 aromatic heterocycles. The van der Waals surface area contributed by atoms with Crippen LogP contribution in [-0.4, -0.2) is 55.6 Å². The van der Waals surface area contributed by atoms with Crippen LogP contribution in [0.2, 0.25) is 10.4 Å². The summed E-state index contributed by atoms with van der Waals surface area (Å²) >= 11 is 12.2. The molecule has 1 N–H and O–H groups in total. The summed E-state index contributed by atoms with van der Waals surface area (Å²) in [7, 11) is 1.27. The Hall–Kier alpha value is -2.79. The highest BCUT2D eigenvalue weighted by atomic mass is 35.5. The summed E-state index contributed by atoms with van der Waals surface area (Å²) in [4.78, 5) is 32.8. The molecule has 178 valence electrons. The molecule has 0 unspecified atom stereocenters. The Morgan fingerprint density at radius 2 is 1.97 bits per heavy atom. The average molecular weight is 507 g/mol. The van der Waals surface area contributed by atoms with E-state index in [2.05, 4.69) is 15.1 Å². The number of carbonyl (C=O) groups excluding carboxylic acids is 2. The molecule has 1 aliphatic carbocycles. The minimum atomic E-state index is -1.65. The molecule has 5 rings (SSSR count). The molecule has 1 saturated heterocycles. The van der Waals surface area contributed by atoms with Crippen LogP contribution < -0.4 is 0 Å². The van der Waals surface area contributed by atoms with E-state index in [0.717, 1.165) is 0 Å². The normalized spacial score (nSPS) is 26.6. The smallest absolute Gasteiger partial charge is 0.338 e. The minimum absolute atomic E-state index is 0.0910. The Kier molecular flexibility index (Phi) is 5.71. The van der Waals surface area contributed by atoms with E-state index in [1.54, 1.807) is 24.3 Å². The summed E-state index contributed by atoms with van der Waals surface area (Å²) in [5.74, 6) is -1.43. The largest absolute Gasteiger partial charge is 0.465 e. The highest BCUT2D eigenvalue weighted by molar-refractivity contribution is 6.35. The fourth-order valence-corrected chi connectivity index (χ4v) is 5.02. The number of halogens is 2. The first-order valence-electron chi connectivity index (χ1n) is 10.5. The van der Waals surface area contributed by atoms with Gasteiger partial charge in [-0.15, -0.1) is 0 Å². The fraction of sp³-hybridized carbons (Fsp3) is 0.409. The Bertz CT molecular complexity index is 1300. The van der Waals surface area contributed by atoms with Crippen molar-refractivity contribution in [3.63, 3.8) is 0 Å². The third-order valence-corrected chi connectivity index (χ3v) is 6.66. The summed E-state index contributed by atoms with van der Waals surface area (Å²) in [6.45, 7) is 1.25. The van der Waals surface area contributed by atoms with E-state index in [1.807, 2.05) is 0 Å². The number of ether oxygens (including phenoxy) is 3. The van der Waals surface area contributed by atoms with Crippen LogP contribution in [-0.2, 0) is 19.0 Å². The van der Waals surface area contributed by atoms with Gasteiger partial charge in [-0.2, -0.15) is 10.1 Å². The second-order valence-electron chi connectivity index (χ2n) is 8.29. The van der Waals surface area contributed by atoms with Crippen molar-refractivity contribution in [2.24, 2.45) is 5.92 Å². The number of carbonyl (C=O) groups is 2. The number of methoxy groups -OCH3 is 1. The SMILES string of the molecule is COC(=O)c1ccccc1[C@H]1O[C@@H](n2ncc3c(Cl)nc(Cl)nc32)[C@H](OC(C)=O)[C@@]1(O)C1CC1. The minimum Gasteiger partial charge on any atom is -0.465 e. The quantitative estimate of drug-likeness (QED) is 0.315. The van der Waals surface area contributed by atoms with Gasteiger partial charge in [0, 0.05) is 6.92 Å². The third kappa shape index (κ3) is 3.61. The van der Waals surface area contributed by atoms with E-state index in [-0.39, 0.29) is 27.6 Å². The van der Waals surface area contributed by atoms with Gasteiger partial charge in [-0.05, 0) is 42.0 Å². The Labute approximate surface area is 203 Å². The fourth-order valence-electron chi connectivity index (χ4n) is 4.60. The zero-order valence-electron chi connectivity index (χ0n) is 18.1. The maximum atomic E-state index is 12.5. The van der Waals surface area contributed by atoms with Gasteiger partial charge in [0.05, 0.1) is 24.3 Å². The standard InChI is InChI=1S/C22H20Cl2N4O6/c1-10(29)33-16-19(28-18-14(9-25-28)17(23)26-21(24)27-18)34-15(22(16,31)11-7-8-11)12-5-3-4-6-13(12)20(30)32-2/h3-6,9,11,15-16,19,31H,7-8H2,1-2H3/t15-,16+,19-,22-/m1/s1. The number of nitrogens with zero attached hydrogens (tertiary/aromatic N) is 4. The maximum absolute atomic E-state index is 12.5. The predicted molar refractivity (Wildman–Crippen MR) is 119 cm³/mol. The zero-order valence-corrected chi connectivity index (χ0v) is 19.7. The molecule has 3 heterocycles. The van der Waals surface area contributed by atoms with Crippen LogP contribution in [0.25, 0.3) is 11.0 Å². The second-order valence-corrected chi connectivity index (χ2v) is 8.98. The number of benzene rings is 1. The number of aromatic nitrogens is 4. The van der Waals surface area contributed by atoms with Gasteiger partial charge in [-0.1, -0.05) is 29.8 Å². The van der Waals surface area contributed by atoms with Gasteiger partial charge in [0.15, 0.2) is 18.0 Å². The van der Waals surface area contributed by atoms with Gasteiger partial charge in [0.2, 0.25) is 5.28 Å². The van der Waals surface area contributed by atoms with Crippen LogP contribution in [0, 0.1) is 5.92 Å². The molecule has 0 spiro atoms.